The molecule has 2 amide bonds. The lowest BCUT2D eigenvalue weighted by molar-refractivity contribution is -0.274. The Hall–Kier alpha value is -4.07. The summed E-state index contributed by atoms with van der Waals surface area (Å²) < 4.78 is 41.9. The van der Waals surface area contributed by atoms with E-state index in [1.54, 1.807) is 31.2 Å². The number of hydrogen-bond acceptors (Lipinski definition) is 4. The number of halogens is 3. The lowest BCUT2D eigenvalue weighted by Gasteiger charge is -2.18. The molecule has 0 unspecified atom stereocenters. The van der Waals surface area contributed by atoms with E-state index in [2.05, 4.69) is 10.1 Å². The van der Waals surface area contributed by atoms with Gasteiger partial charge in [-0.1, -0.05) is 53.6 Å². The van der Waals surface area contributed by atoms with Crippen LogP contribution in [-0.2, 0) is 9.59 Å². The molecule has 3 aromatic rings. The zero-order valence-corrected chi connectivity index (χ0v) is 18.7. The Morgan fingerprint density at radius 2 is 1.50 bits per heavy atom. The number of imide groups is 1. The molecule has 0 saturated heterocycles. The summed E-state index contributed by atoms with van der Waals surface area (Å²) in [4.78, 5) is 28.1. The molecule has 8 heteroatoms. The summed E-state index contributed by atoms with van der Waals surface area (Å²) in [5.41, 5.74) is 3.92. The molecule has 0 fully saturated rings. The smallest absolute Gasteiger partial charge is 0.406 e. The number of benzene rings is 3. The summed E-state index contributed by atoms with van der Waals surface area (Å²) in [7, 11) is 0. The van der Waals surface area contributed by atoms with Crippen molar-refractivity contribution in [2.45, 2.75) is 27.1 Å². The van der Waals surface area contributed by atoms with Crippen LogP contribution in [0.3, 0.4) is 0 Å². The highest BCUT2D eigenvalue weighted by molar-refractivity contribution is 6.46. The first-order valence-corrected chi connectivity index (χ1v) is 10.4. The molecule has 0 atom stereocenters. The number of carbonyl (C=O) groups excluding carboxylic acids is 2. The fourth-order valence-corrected chi connectivity index (χ4v) is 3.82. The second kappa shape index (κ2) is 8.70. The molecule has 0 aromatic heterocycles. The Balaban J connectivity index is 1.79. The van der Waals surface area contributed by atoms with E-state index < -0.39 is 23.9 Å². The Kier molecular flexibility index (Phi) is 5.91. The van der Waals surface area contributed by atoms with Crippen LogP contribution in [0.15, 0.2) is 72.4 Å². The van der Waals surface area contributed by atoms with Gasteiger partial charge in [0, 0.05) is 11.8 Å². The molecule has 0 bridgehead atoms. The second-order valence-electron chi connectivity index (χ2n) is 8.05. The SMILES string of the molecule is Cc1ccc(C2=C(Nc3cccc(OC(F)(F)F)c3)C(=O)N(c3ccc(C)cc3C)C2=O)cc1. The van der Waals surface area contributed by atoms with Gasteiger partial charge in [-0.2, -0.15) is 0 Å². The summed E-state index contributed by atoms with van der Waals surface area (Å²) in [5, 5.41) is 2.86. The molecule has 0 spiro atoms. The molecule has 1 N–H and O–H groups in total. The van der Waals surface area contributed by atoms with E-state index in [1.807, 2.05) is 32.0 Å². The van der Waals surface area contributed by atoms with Crippen molar-refractivity contribution in [2.24, 2.45) is 0 Å². The van der Waals surface area contributed by atoms with Crippen molar-refractivity contribution in [3.63, 3.8) is 0 Å². The fraction of sp³-hybridized carbons (Fsp3) is 0.154. The number of rotatable bonds is 5. The minimum Gasteiger partial charge on any atom is -0.406 e. The van der Waals surface area contributed by atoms with Crippen molar-refractivity contribution in [3.05, 3.63) is 94.7 Å². The van der Waals surface area contributed by atoms with Crippen LogP contribution in [0.2, 0.25) is 0 Å². The summed E-state index contributed by atoms with van der Waals surface area (Å²) >= 11 is 0. The highest BCUT2D eigenvalue weighted by atomic mass is 19.4. The molecule has 0 radical (unpaired) electrons. The van der Waals surface area contributed by atoms with Gasteiger partial charge in [0.25, 0.3) is 11.8 Å². The topological polar surface area (TPSA) is 58.6 Å². The van der Waals surface area contributed by atoms with Crippen molar-refractivity contribution in [2.75, 3.05) is 10.2 Å². The molecule has 0 saturated carbocycles. The van der Waals surface area contributed by atoms with E-state index in [0.717, 1.165) is 33.7 Å². The van der Waals surface area contributed by atoms with E-state index in [4.69, 9.17) is 0 Å². The molecule has 5 nitrogen and oxygen atoms in total. The van der Waals surface area contributed by atoms with Gasteiger partial charge in [-0.05, 0) is 50.1 Å². The van der Waals surface area contributed by atoms with Crippen LogP contribution in [0.25, 0.3) is 5.57 Å². The van der Waals surface area contributed by atoms with E-state index in [0.29, 0.717) is 11.3 Å². The summed E-state index contributed by atoms with van der Waals surface area (Å²) in [5.74, 6) is -1.57. The zero-order chi connectivity index (χ0) is 24.6. The summed E-state index contributed by atoms with van der Waals surface area (Å²) in [6.07, 6.45) is -4.86. The minimum absolute atomic E-state index is 0.0296. The standard InChI is InChI=1S/C26H21F3N2O3/c1-15-7-10-18(11-8-15)22-23(30-19-5-4-6-20(14-19)34-26(27,28)29)25(33)31(24(22)32)21-12-9-16(2)13-17(21)3/h4-14,30H,1-3H3. The molecule has 1 aliphatic rings. The van der Waals surface area contributed by atoms with Crippen molar-refractivity contribution in [1.82, 2.24) is 0 Å². The van der Waals surface area contributed by atoms with Gasteiger partial charge in [0.15, 0.2) is 0 Å². The van der Waals surface area contributed by atoms with Crippen molar-refractivity contribution < 1.29 is 27.5 Å². The number of hydrogen-bond donors (Lipinski definition) is 1. The van der Waals surface area contributed by atoms with Crippen molar-refractivity contribution in [3.8, 4) is 5.75 Å². The Labute approximate surface area is 194 Å². The lowest BCUT2D eigenvalue weighted by atomic mass is 10.0. The van der Waals surface area contributed by atoms with Crippen LogP contribution in [0.1, 0.15) is 22.3 Å². The normalized spacial score (nSPS) is 14.1. The third kappa shape index (κ3) is 4.66. The van der Waals surface area contributed by atoms with Crippen LogP contribution in [0, 0.1) is 20.8 Å². The largest absolute Gasteiger partial charge is 0.573 e. The molecule has 174 valence electrons. The van der Waals surface area contributed by atoms with Crippen LogP contribution < -0.4 is 15.0 Å². The average Bonchev–Trinajstić information content (AvgIpc) is 2.98. The predicted octanol–water partition coefficient (Wildman–Crippen LogP) is 5.91. The molecule has 34 heavy (non-hydrogen) atoms. The molecule has 4 rings (SSSR count). The maximum Gasteiger partial charge on any atom is 0.573 e. The molecular weight excluding hydrogens is 445 g/mol. The van der Waals surface area contributed by atoms with E-state index >= 15 is 0 Å². The quantitative estimate of drug-likeness (QED) is 0.475. The van der Waals surface area contributed by atoms with Crippen LogP contribution in [0.4, 0.5) is 24.5 Å². The number of nitrogens with one attached hydrogen (secondary N) is 1. The van der Waals surface area contributed by atoms with Gasteiger partial charge in [0.1, 0.15) is 11.4 Å². The Bertz CT molecular complexity index is 1310. The molecule has 1 heterocycles. The number of anilines is 2. The second-order valence-corrected chi connectivity index (χ2v) is 8.05. The highest BCUT2D eigenvalue weighted by Crippen LogP contribution is 2.36. The Morgan fingerprint density at radius 3 is 2.15 bits per heavy atom. The fourth-order valence-electron chi connectivity index (χ4n) is 3.82. The monoisotopic (exact) mass is 466 g/mol. The highest BCUT2D eigenvalue weighted by Gasteiger charge is 2.41. The number of nitrogens with zero attached hydrogens (tertiary/aromatic N) is 1. The van der Waals surface area contributed by atoms with E-state index in [9.17, 15) is 22.8 Å². The third-order valence-corrected chi connectivity index (χ3v) is 5.35. The molecule has 3 aromatic carbocycles. The maximum absolute atomic E-state index is 13.5. The van der Waals surface area contributed by atoms with Gasteiger partial charge in [-0.3, -0.25) is 9.59 Å². The van der Waals surface area contributed by atoms with Crippen LogP contribution >= 0.6 is 0 Å². The molecule has 1 aliphatic heterocycles. The summed E-state index contributed by atoms with van der Waals surface area (Å²) in [6, 6.07) is 17.6. The molecular formula is C26H21F3N2O3. The van der Waals surface area contributed by atoms with Gasteiger partial charge >= 0.3 is 6.36 Å². The molecule has 0 aliphatic carbocycles. The van der Waals surface area contributed by atoms with Gasteiger partial charge in [0.05, 0.1) is 11.3 Å². The van der Waals surface area contributed by atoms with Crippen LogP contribution in [0.5, 0.6) is 5.75 Å². The van der Waals surface area contributed by atoms with Gasteiger partial charge < -0.3 is 10.1 Å². The van der Waals surface area contributed by atoms with E-state index in [-0.39, 0.29) is 17.0 Å². The number of alkyl halides is 3. The minimum atomic E-state index is -4.86. The lowest BCUT2D eigenvalue weighted by Crippen LogP contribution is -2.33. The van der Waals surface area contributed by atoms with Crippen molar-refractivity contribution in [1.29, 1.82) is 0 Å². The first-order valence-electron chi connectivity index (χ1n) is 10.4. The average molecular weight is 466 g/mol. The zero-order valence-electron chi connectivity index (χ0n) is 18.7. The number of carbonyl (C=O) groups is 2. The number of ether oxygens (including phenoxy) is 1. The van der Waals surface area contributed by atoms with E-state index in [1.165, 1.54) is 12.1 Å². The van der Waals surface area contributed by atoms with Crippen LogP contribution in [-0.4, -0.2) is 18.2 Å². The van der Waals surface area contributed by atoms with Gasteiger partial charge in [-0.15, -0.1) is 13.2 Å². The Morgan fingerprint density at radius 1 is 0.824 bits per heavy atom. The number of aryl methyl sites for hydroxylation is 3. The van der Waals surface area contributed by atoms with Crippen molar-refractivity contribution >= 4 is 28.8 Å². The summed E-state index contributed by atoms with van der Waals surface area (Å²) in [6.45, 7) is 5.61. The number of amides is 2. The van der Waals surface area contributed by atoms with Gasteiger partial charge in [-0.25, -0.2) is 4.90 Å². The third-order valence-electron chi connectivity index (χ3n) is 5.35. The predicted molar refractivity (Wildman–Crippen MR) is 123 cm³/mol. The maximum atomic E-state index is 13.5. The first kappa shape index (κ1) is 23.1. The van der Waals surface area contributed by atoms with Gasteiger partial charge in [0.2, 0.25) is 0 Å². The first-order chi connectivity index (χ1) is 16.0.